The quantitative estimate of drug-likeness (QED) is 0.604. The lowest BCUT2D eigenvalue weighted by atomic mass is 9.82. The Balaban J connectivity index is 1.87. The first-order valence-corrected chi connectivity index (χ1v) is 7.64. The number of rotatable bonds is 5. The van der Waals surface area contributed by atoms with Gasteiger partial charge in [0.2, 0.25) is 0 Å². The van der Waals surface area contributed by atoms with E-state index >= 15 is 0 Å². The third kappa shape index (κ3) is 4.17. The third-order valence-electron chi connectivity index (χ3n) is 4.11. The SMILES string of the molecule is C=CCCC(=O)O[C@H]1CC[C@H](c2ccc(C#N)c(F)c2)CC1. The largest absolute Gasteiger partial charge is 0.462 e. The van der Waals surface area contributed by atoms with Crippen molar-refractivity contribution in [3.05, 3.63) is 47.8 Å². The predicted molar refractivity (Wildman–Crippen MR) is 81.6 cm³/mol. The fourth-order valence-electron chi connectivity index (χ4n) is 2.85. The number of nitriles is 1. The van der Waals surface area contributed by atoms with Crippen molar-refractivity contribution in [3.8, 4) is 6.07 Å². The van der Waals surface area contributed by atoms with E-state index in [4.69, 9.17) is 10.00 Å². The molecule has 4 heteroatoms. The molecule has 0 unspecified atom stereocenters. The molecule has 1 aliphatic rings. The average molecular weight is 301 g/mol. The van der Waals surface area contributed by atoms with Gasteiger partial charge in [0.1, 0.15) is 18.0 Å². The standard InChI is InChI=1S/C18H20FNO2/c1-2-3-4-18(21)22-16-9-7-13(8-10-16)14-5-6-15(12-20)17(19)11-14/h2,5-6,11,13,16H,1,3-4,7-10H2/t13-,16-. The summed E-state index contributed by atoms with van der Waals surface area (Å²) < 4.78 is 19.1. The van der Waals surface area contributed by atoms with Gasteiger partial charge in [0.05, 0.1) is 5.56 Å². The fourth-order valence-corrected chi connectivity index (χ4v) is 2.85. The average Bonchev–Trinajstić information content (AvgIpc) is 2.53. The van der Waals surface area contributed by atoms with Crippen LogP contribution in [0.3, 0.4) is 0 Å². The molecule has 116 valence electrons. The van der Waals surface area contributed by atoms with Crippen LogP contribution in [0.25, 0.3) is 0 Å². The highest BCUT2D eigenvalue weighted by Crippen LogP contribution is 2.34. The summed E-state index contributed by atoms with van der Waals surface area (Å²) in [6, 6.07) is 6.65. The van der Waals surface area contributed by atoms with E-state index in [-0.39, 0.29) is 23.6 Å². The van der Waals surface area contributed by atoms with Crippen LogP contribution in [0, 0.1) is 17.1 Å². The number of ether oxygens (including phenoxy) is 1. The number of nitrogens with zero attached hydrogens (tertiary/aromatic N) is 1. The van der Waals surface area contributed by atoms with Gasteiger partial charge in [0.25, 0.3) is 0 Å². The highest BCUT2D eigenvalue weighted by atomic mass is 19.1. The zero-order valence-electron chi connectivity index (χ0n) is 12.6. The number of halogens is 1. The lowest BCUT2D eigenvalue weighted by Crippen LogP contribution is -2.23. The molecule has 1 fully saturated rings. The summed E-state index contributed by atoms with van der Waals surface area (Å²) >= 11 is 0. The number of carbonyl (C=O) groups excluding carboxylic acids is 1. The Labute approximate surface area is 130 Å². The number of carbonyl (C=O) groups is 1. The number of hydrogen-bond donors (Lipinski definition) is 0. The molecule has 0 bridgehead atoms. The van der Waals surface area contributed by atoms with Crippen LogP contribution in [0.2, 0.25) is 0 Å². The molecule has 3 nitrogen and oxygen atoms in total. The maximum atomic E-state index is 13.7. The van der Waals surface area contributed by atoms with Gasteiger partial charge in [0, 0.05) is 6.42 Å². The minimum Gasteiger partial charge on any atom is -0.462 e. The second-order valence-electron chi connectivity index (χ2n) is 5.64. The Hall–Kier alpha value is -2.15. The van der Waals surface area contributed by atoms with Gasteiger partial charge >= 0.3 is 5.97 Å². The molecule has 0 atom stereocenters. The summed E-state index contributed by atoms with van der Waals surface area (Å²) in [5.41, 5.74) is 1.00. The van der Waals surface area contributed by atoms with Crippen molar-refractivity contribution in [1.29, 1.82) is 5.26 Å². The molecule has 0 aromatic heterocycles. The summed E-state index contributed by atoms with van der Waals surface area (Å²) in [5.74, 6) is -0.365. The summed E-state index contributed by atoms with van der Waals surface area (Å²) in [6.45, 7) is 3.58. The van der Waals surface area contributed by atoms with Crippen molar-refractivity contribution in [2.24, 2.45) is 0 Å². The number of allylic oxidation sites excluding steroid dienone is 1. The molecular weight excluding hydrogens is 281 g/mol. The summed E-state index contributed by atoms with van der Waals surface area (Å²) in [6.07, 6.45) is 6.02. The Morgan fingerprint density at radius 1 is 1.41 bits per heavy atom. The lowest BCUT2D eigenvalue weighted by molar-refractivity contribution is -0.150. The van der Waals surface area contributed by atoms with Gasteiger partial charge in [-0.1, -0.05) is 12.1 Å². The third-order valence-corrected chi connectivity index (χ3v) is 4.11. The normalized spacial score (nSPS) is 20.9. The van der Waals surface area contributed by atoms with Crippen molar-refractivity contribution < 1.29 is 13.9 Å². The fraction of sp³-hybridized carbons (Fsp3) is 0.444. The molecule has 1 saturated carbocycles. The minimum absolute atomic E-state index is 0.0307. The van der Waals surface area contributed by atoms with Gasteiger partial charge in [-0.3, -0.25) is 4.79 Å². The van der Waals surface area contributed by atoms with Crippen molar-refractivity contribution >= 4 is 5.97 Å². The van der Waals surface area contributed by atoms with Crippen LogP contribution < -0.4 is 0 Å². The lowest BCUT2D eigenvalue weighted by Gasteiger charge is -2.28. The van der Waals surface area contributed by atoms with E-state index in [1.54, 1.807) is 6.08 Å². The van der Waals surface area contributed by atoms with Gasteiger partial charge in [-0.2, -0.15) is 5.26 Å². The maximum Gasteiger partial charge on any atom is 0.306 e. The molecular formula is C18H20FNO2. The van der Waals surface area contributed by atoms with E-state index in [1.165, 1.54) is 12.1 Å². The van der Waals surface area contributed by atoms with Crippen molar-refractivity contribution in [2.75, 3.05) is 0 Å². The molecule has 1 aliphatic carbocycles. The molecule has 0 spiro atoms. The monoisotopic (exact) mass is 301 g/mol. The molecule has 0 amide bonds. The van der Waals surface area contributed by atoms with Crippen LogP contribution in [0.15, 0.2) is 30.9 Å². The Kier molecular flexibility index (Phi) is 5.71. The number of benzene rings is 1. The van der Waals surface area contributed by atoms with Crippen LogP contribution in [-0.2, 0) is 9.53 Å². The van der Waals surface area contributed by atoms with Crippen molar-refractivity contribution in [1.82, 2.24) is 0 Å². The Bertz CT molecular complexity index is 583. The Morgan fingerprint density at radius 3 is 2.73 bits per heavy atom. The first kappa shape index (κ1) is 16.2. The van der Waals surface area contributed by atoms with Crippen LogP contribution >= 0.6 is 0 Å². The molecule has 1 aromatic rings. The summed E-state index contributed by atoms with van der Waals surface area (Å²) in [7, 11) is 0. The van der Waals surface area contributed by atoms with Crippen LogP contribution in [-0.4, -0.2) is 12.1 Å². The molecule has 0 radical (unpaired) electrons. The van der Waals surface area contributed by atoms with Gasteiger partial charge in [-0.15, -0.1) is 6.58 Å². The molecule has 22 heavy (non-hydrogen) atoms. The highest BCUT2D eigenvalue weighted by Gasteiger charge is 2.25. The van der Waals surface area contributed by atoms with Crippen LogP contribution in [0.4, 0.5) is 4.39 Å². The van der Waals surface area contributed by atoms with E-state index in [1.807, 2.05) is 12.1 Å². The van der Waals surface area contributed by atoms with Gasteiger partial charge < -0.3 is 4.74 Å². The van der Waals surface area contributed by atoms with Crippen LogP contribution in [0.5, 0.6) is 0 Å². The van der Waals surface area contributed by atoms with Crippen molar-refractivity contribution in [3.63, 3.8) is 0 Å². The first-order valence-electron chi connectivity index (χ1n) is 7.64. The topological polar surface area (TPSA) is 50.1 Å². The van der Waals surface area contributed by atoms with E-state index in [0.29, 0.717) is 12.8 Å². The van der Waals surface area contributed by atoms with Crippen molar-refractivity contribution in [2.45, 2.75) is 50.5 Å². The van der Waals surface area contributed by atoms with E-state index < -0.39 is 5.82 Å². The molecule has 2 rings (SSSR count). The predicted octanol–water partition coefficient (Wildman–Crippen LogP) is 4.23. The van der Waals surface area contributed by atoms with Gasteiger partial charge in [0.15, 0.2) is 0 Å². The molecule has 0 heterocycles. The molecule has 0 N–H and O–H groups in total. The molecule has 0 aliphatic heterocycles. The van der Waals surface area contributed by atoms with Gasteiger partial charge in [-0.25, -0.2) is 4.39 Å². The Morgan fingerprint density at radius 2 is 2.14 bits per heavy atom. The highest BCUT2D eigenvalue weighted by molar-refractivity contribution is 5.69. The van der Waals surface area contributed by atoms with E-state index in [2.05, 4.69) is 6.58 Å². The zero-order valence-corrected chi connectivity index (χ0v) is 12.6. The minimum atomic E-state index is -0.460. The summed E-state index contributed by atoms with van der Waals surface area (Å²) in [4.78, 5) is 11.6. The van der Waals surface area contributed by atoms with E-state index in [9.17, 15) is 9.18 Å². The number of hydrogen-bond acceptors (Lipinski definition) is 3. The maximum absolute atomic E-state index is 13.7. The van der Waals surface area contributed by atoms with Crippen LogP contribution in [0.1, 0.15) is 55.6 Å². The number of esters is 1. The second-order valence-corrected chi connectivity index (χ2v) is 5.64. The zero-order chi connectivity index (χ0) is 15.9. The molecule has 0 saturated heterocycles. The smallest absolute Gasteiger partial charge is 0.306 e. The van der Waals surface area contributed by atoms with Gasteiger partial charge in [-0.05, 0) is 55.7 Å². The second kappa shape index (κ2) is 7.74. The molecule has 1 aromatic carbocycles. The van der Waals surface area contributed by atoms with E-state index in [0.717, 1.165) is 31.2 Å². The summed E-state index contributed by atoms with van der Waals surface area (Å²) in [5, 5.41) is 8.76. The first-order chi connectivity index (χ1) is 10.6.